The van der Waals surface area contributed by atoms with Crippen LogP contribution in [0.4, 0.5) is 5.82 Å². The van der Waals surface area contributed by atoms with E-state index in [1.54, 1.807) is 12.3 Å². The fourth-order valence-electron chi connectivity index (χ4n) is 0.893. The number of hydrogen-bond donors (Lipinski definition) is 0. The number of aromatic nitrogens is 1. The van der Waals surface area contributed by atoms with Gasteiger partial charge in [-0.2, -0.15) is 0 Å². The average molecular weight is 324 g/mol. The highest BCUT2D eigenvalue weighted by Gasteiger charge is 2.04. The van der Waals surface area contributed by atoms with Gasteiger partial charge in [-0.3, -0.25) is 4.79 Å². The number of ketones is 1. The van der Waals surface area contributed by atoms with E-state index in [1.807, 2.05) is 25.1 Å². The number of Topliss-reactive ketones (excluding diaryl/α,β-unsaturated/α-hetero) is 1. The minimum Gasteiger partial charge on any atom is -0.363 e. The van der Waals surface area contributed by atoms with E-state index in [1.165, 1.54) is 0 Å². The van der Waals surface area contributed by atoms with Crippen molar-refractivity contribution in [2.24, 2.45) is 0 Å². The van der Waals surface area contributed by atoms with Crippen LogP contribution in [0.25, 0.3) is 0 Å². The molecule has 0 bridgehead atoms. The summed E-state index contributed by atoms with van der Waals surface area (Å²) in [4.78, 5) is 17.2. The van der Waals surface area contributed by atoms with E-state index in [0.29, 0.717) is 10.9 Å². The number of rotatable bonds is 3. The third-order valence-electron chi connectivity index (χ3n) is 1.65. The minimum atomic E-state index is 0. The Balaban J connectivity index is 0.00000169. The zero-order valence-corrected chi connectivity index (χ0v) is 11.3. The highest BCUT2D eigenvalue weighted by atomic mass is 79.9. The normalized spacial score (nSPS) is 9.07. The summed E-state index contributed by atoms with van der Waals surface area (Å²) in [5.74, 6) is 0.906. The zero-order valence-electron chi connectivity index (χ0n) is 8.03. The number of anilines is 1. The molecule has 0 aromatic carbocycles. The number of carbonyl (C=O) groups is 1. The van der Waals surface area contributed by atoms with Crippen molar-refractivity contribution in [3.05, 3.63) is 23.9 Å². The zero-order chi connectivity index (χ0) is 9.84. The molecule has 1 rings (SSSR count). The molecule has 0 radical (unpaired) electrons. The lowest BCUT2D eigenvalue weighted by molar-refractivity contribution is 0.102. The molecular weight excluding hydrogens is 312 g/mol. The first kappa shape index (κ1) is 13.6. The van der Waals surface area contributed by atoms with Crippen molar-refractivity contribution >= 4 is 44.5 Å². The lowest BCUT2D eigenvalue weighted by Crippen LogP contribution is -2.11. The van der Waals surface area contributed by atoms with Crippen LogP contribution in [0.5, 0.6) is 0 Å². The topological polar surface area (TPSA) is 33.2 Å². The summed E-state index contributed by atoms with van der Waals surface area (Å²) in [7, 11) is 3.82. The first-order valence-electron chi connectivity index (χ1n) is 3.87. The Hall–Kier alpha value is -0.420. The van der Waals surface area contributed by atoms with Gasteiger partial charge in [0.25, 0.3) is 0 Å². The molecule has 0 amide bonds. The molecule has 78 valence electrons. The molecule has 0 atom stereocenters. The van der Waals surface area contributed by atoms with E-state index in [0.717, 1.165) is 5.82 Å². The van der Waals surface area contributed by atoms with Crippen LogP contribution in [-0.4, -0.2) is 30.2 Å². The maximum atomic E-state index is 11.2. The molecule has 0 spiro atoms. The molecule has 0 saturated heterocycles. The molecule has 5 heteroatoms. The smallest absolute Gasteiger partial charge is 0.174 e. The molecule has 0 aliphatic rings. The Morgan fingerprint density at radius 2 is 2.14 bits per heavy atom. The predicted octanol–water partition coefficient (Wildman–Crippen LogP) is 2.30. The monoisotopic (exact) mass is 322 g/mol. The number of pyridine rings is 1. The van der Waals surface area contributed by atoms with Crippen LogP contribution in [0, 0.1) is 0 Å². The summed E-state index contributed by atoms with van der Waals surface area (Å²) >= 11 is 3.11. The predicted molar refractivity (Wildman–Crippen MR) is 67.0 cm³/mol. The van der Waals surface area contributed by atoms with Gasteiger partial charge in [0.05, 0.1) is 5.33 Å². The van der Waals surface area contributed by atoms with Crippen molar-refractivity contribution in [2.75, 3.05) is 24.3 Å². The van der Waals surface area contributed by atoms with E-state index >= 15 is 0 Å². The molecule has 0 saturated carbocycles. The SMILES string of the molecule is Br.CN(C)c1ccc(C(=O)CBr)cn1. The molecule has 0 aliphatic heterocycles. The van der Waals surface area contributed by atoms with Crippen LogP contribution in [0.15, 0.2) is 18.3 Å². The van der Waals surface area contributed by atoms with Gasteiger partial charge in [0.15, 0.2) is 5.78 Å². The lowest BCUT2D eigenvalue weighted by Gasteiger charge is -2.10. The van der Waals surface area contributed by atoms with E-state index in [9.17, 15) is 4.79 Å². The van der Waals surface area contributed by atoms with Gasteiger partial charge >= 0.3 is 0 Å². The van der Waals surface area contributed by atoms with Crippen LogP contribution < -0.4 is 4.90 Å². The van der Waals surface area contributed by atoms with Gasteiger partial charge in [0.1, 0.15) is 5.82 Å². The van der Waals surface area contributed by atoms with Crippen molar-refractivity contribution in [2.45, 2.75) is 0 Å². The Morgan fingerprint density at radius 3 is 2.50 bits per heavy atom. The Morgan fingerprint density at radius 1 is 1.50 bits per heavy atom. The van der Waals surface area contributed by atoms with Crippen molar-refractivity contribution in [1.29, 1.82) is 0 Å². The largest absolute Gasteiger partial charge is 0.363 e. The molecule has 0 N–H and O–H groups in total. The maximum absolute atomic E-state index is 11.2. The number of nitrogens with zero attached hydrogens (tertiary/aromatic N) is 2. The molecule has 1 aromatic rings. The molecular formula is C9H12Br2N2O. The minimum absolute atomic E-state index is 0. The van der Waals surface area contributed by atoms with E-state index in [-0.39, 0.29) is 22.8 Å². The summed E-state index contributed by atoms with van der Waals surface area (Å²) in [5.41, 5.74) is 0.641. The number of halogens is 2. The third kappa shape index (κ3) is 3.38. The Kier molecular flexibility index (Phi) is 5.95. The summed E-state index contributed by atoms with van der Waals surface area (Å²) < 4.78 is 0. The molecule has 3 nitrogen and oxygen atoms in total. The van der Waals surface area contributed by atoms with Gasteiger partial charge in [-0.15, -0.1) is 17.0 Å². The summed E-state index contributed by atoms with van der Waals surface area (Å²) in [5, 5.41) is 0.343. The molecule has 0 fully saturated rings. The maximum Gasteiger partial charge on any atom is 0.174 e. The van der Waals surface area contributed by atoms with Crippen LogP contribution >= 0.6 is 32.9 Å². The molecule has 0 unspecified atom stereocenters. The van der Waals surface area contributed by atoms with Gasteiger partial charge < -0.3 is 4.90 Å². The van der Waals surface area contributed by atoms with E-state index < -0.39 is 0 Å². The first-order chi connectivity index (χ1) is 6.15. The van der Waals surface area contributed by atoms with Crippen LogP contribution in [-0.2, 0) is 0 Å². The van der Waals surface area contributed by atoms with Gasteiger partial charge in [-0.25, -0.2) is 4.98 Å². The second kappa shape index (κ2) is 6.14. The fraction of sp³-hybridized carbons (Fsp3) is 0.333. The summed E-state index contributed by atoms with van der Waals surface area (Å²) in [6, 6.07) is 3.61. The van der Waals surface area contributed by atoms with Gasteiger partial charge in [-0.05, 0) is 12.1 Å². The van der Waals surface area contributed by atoms with Crippen molar-refractivity contribution in [3.8, 4) is 0 Å². The molecule has 14 heavy (non-hydrogen) atoms. The van der Waals surface area contributed by atoms with Crippen molar-refractivity contribution in [1.82, 2.24) is 4.98 Å². The van der Waals surface area contributed by atoms with Crippen LogP contribution in [0.2, 0.25) is 0 Å². The van der Waals surface area contributed by atoms with E-state index in [2.05, 4.69) is 20.9 Å². The van der Waals surface area contributed by atoms with E-state index in [4.69, 9.17) is 0 Å². The van der Waals surface area contributed by atoms with Crippen molar-refractivity contribution < 1.29 is 4.79 Å². The number of carbonyl (C=O) groups excluding carboxylic acids is 1. The average Bonchev–Trinajstić information content (AvgIpc) is 2.17. The van der Waals surface area contributed by atoms with Crippen LogP contribution in [0.3, 0.4) is 0 Å². The molecule has 0 aliphatic carbocycles. The third-order valence-corrected chi connectivity index (χ3v) is 2.16. The lowest BCUT2D eigenvalue weighted by atomic mass is 10.2. The Labute approximate surface area is 102 Å². The molecule has 1 heterocycles. The highest BCUT2D eigenvalue weighted by molar-refractivity contribution is 9.09. The second-order valence-corrected chi connectivity index (χ2v) is 3.42. The highest BCUT2D eigenvalue weighted by Crippen LogP contribution is 2.08. The summed E-state index contributed by atoms with van der Waals surface area (Å²) in [6.07, 6.45) is 1.60. The molecule has 1 aromatic heterocycles. The quantitative estimate of drug-likeness (QED) is 0.632. The van der Waals surface area contributed by atoms with Crippen LogP contribution in [0.1, 0.15) is 10.4 Å². The number of alkyl halides is 1. The first-order valence-corrected chi connectivity index (χ1v) is 5.00. The van der Waals surface area contributed by atoms with Gasteiger partial charge in [-0.1, -0.05) is 15.9 Å². The fourth-order valence-corrected chi connectivity index (χ4v) is 1.22. The number of hydrogen-bond acceptors (Lipinski definition) is 3. The van der Waals surface area contributed by atoms with Crippen molar-refractivity contribution in [3.63, 3.8) is 0 Å². The second-order valence-electron chi connectivity index (χ2n) is 2.86. The van der Waals surface area contributed by atoms with Gasteiger partial charge in [0.2, 0.25) is 0 Å². The van der Waals surface area contributed by atoms with Gasteiger partial charge in [0, 0.05) is 25.9 Å². The summed E-state index contributed by atoms with van der Waals surface area (Å²) in [6.45, 7) is 0. The Bertz CT molecular complexity index is 298. The standard InChI is InChI=1S/C9H11BrN2O.BrH/c1-12(2)9-4-3-7(6-11-9)8(13)5-10;/h3-4,6H,5H2,1-2H3;1H.